The van der Waals surface area contributed by atoms with Gasteiger partial charge in [0.2, 0.25) is 5.91 Å². The second-order valence-electron chi connectivity index (χ2n) is 4.10. The molecule has 0 radical (unpaired) electrons. The van der Waals surface area contributed by atoms with Gasteiger partial charge in [-0.25, -0.2) is 4.98 Å². The maximum atomic E-state index is 11.9. The number of pyridine rings is 1. The normalized spacial score (nSPS) is 21.0. The van der Waals surface area contributed by atoms with E-state index in [4.69, 9.17) is 0 Å². The van der Waals surface area contributed by atoms with Gasteiger partial charge < -0.3 is 10.2 Å². The van der Waals surface area contributed by atoms with Crippen LogP contribution in [0, 0.1) is 5.92 Å². The first kappa shape index (κ1) is 11.5. The Balaban J connectivity index is 1.97. The SMILES string of the molecule is CN1CCC(C(=O)Nc2cc(Br)ccn2)C1. The molecule has 0 aromatic carbocycles. The van der Waals surface area contributed by atoms with Crippen LogP contribution in [0.1, 0.15) is 6.42 Å². The molecule has 1 saturated heterocycles. The van der Waals surface area contributed by atoms with E-state index in [1.165, 1.54) is 0 Å². The predicted octanol–water partition coefficient (Wildman–Crippen LogP) is 1.73. The summed E-state index contributed by atoms with van der Waals surface area (Å²) < 4.78 is 0.918. The Morgan fingerprint density at radius 2 is 2.50 bits per heavy atom. The zero-order chi connectivity index (χ0) is 11.5. The zero-order valence-electron chi connectivity index (χ0n) is 9.11. The number of nitrogens with zero attached hydrogens (tertiary/aromatic N) is 2. The van der Waals surface area contributed by atoms with Crippen LogP contribution in [-0.4, -0.2) is 35.9 Å². The number of hydrogen-bond acceptors (Lipinski definition) is 3. The highest BCUT2D eigenvalue weighted by Crippen LogP contribution is 2.18. The van der Waals surface area contributed by atoms with Crippen molar-refractivity contribution in [3.05, 3.63) is 22.8 Å². The fourth-order valence-corrected chi connectivity index (χ4v) is 2.19. The van der Waals surface area contributed by atoms with Crippen LogP contribution < -0.4 is 5.32 Å². The third-order valence-corrected chi connectivity index (χ3v) is 3.23. The third-order valence-electron chi connectivity index (χ3n) is 2.74. The number of nitrogens with one attached hydrogen (secondary N) is 1. The number of likely N-dealkylation sites (tertiary alicyclic amines) is 1. The molecule has 2 rings (SSSR count). The Labute approximate surface area is 103 Å². The summed E-state index contributed by atoms with van der Waals surface area (Å²) >= 11 is 3.35. The minimum Gasteiger partial charge on any atom is -0.310 e. The van der Waals surface area contributed by atoms with Crippen LogP contribution in [0.5, 0.6) is 0 Å². The fourth-order valence-electron chi connectivity index (χ4n) is 1.85. The molecular formula is C11H14BrN3O. The van der Waals surface area contributed by atoms with Gasteiger partial charge in [0.25, 0.3) is 0 Å². The lowest BCUT2D eigenvalue weighted by molar-refractivity contribution is -0.119. The fraction of sp³-hybridized carbons (Fsp3) is 0.455. The van der Waals surface area contributed by atoms with Crippen molar-refractivity contribution in [2.75, 3.05) is 25.5 Å². The van der Waals surface area contributed by atoms with Gasteiger partial charge in [-0.1, -0.05) is 15.9 Å². The number of carbonyl (C=O) groups excluding carboxylic acids is 1. The largest absolute Gasteiger partial charge is 0.310 e. The summed E-state index contributed by atoms with van der Waals surface area (Å²) in [5, 5.41) is 2.84. The van der Waals surface area contributed by atoms with Gasteiger partial charge in [0.15, 0.2) is 0 Å². The van der Waals surface area contributed by atoms with E-state index < -0.39 is 0 Å². The van der Waals surface area contributed by atoms with E-state index in [2.05, 4.69) is 31.1 Å². The molecule has 0 spiro atoms. The number of anilines is 1. The quantitative estimate of drug-likeness (QED) is 0.899. The highest BCUT2D eigenvalue weighted by Gasteiger charge is 2.26. The second-order valence-corrected chi connectivity index (χ2v) is 5.01. The Morgan fingerprint density at radius 3 is 3.12 bits per heavy atom. The molecule has 86 valence electrons. The van der Waals surface area contributed by atoms with Crippen LogP contribution in [0.15, 0.2) is 22.8 Å². The molecule has 1 aliphatic rings. The maximum absolute atomic E-state index is 11.9. The van der Waals surface area contributed by atoms with E-state index in [0.29, 0.717) is 5.82 Å². The van der Waals surface area contributed by atoms with Crippen molar-refractivity contribution in [2.24, 2.45) is 5.92 Å². The number of amides is 1. The smallest absolute Gasteiger partial charge is 0.229 e. The van der Waals surface area contributed by atoms with Crippen LogP contribution >= 0.6 is 15.9 Å². The van der Waals surface area contributed by atoms with Gasteiger partial charge in [-0.15, -0.1) is 0 Å². The molecule has 5 heteroatoms. The summed E-state index contributed by atoms with van der Waals surface area (Å²) in [5.41, 5.74) is 0. The molecule has 1 aromatic heterocycles. The lowest BCUT2D eigenvalue weighted by atomic mass is 10.1. The highest BCUT2D eigenvalue weighted by atomic mass is 79.9. The summed E-state index contributed by atoms with van der Waals surface area (Å²) in [6.45, 7) is 1.82. The van der Waals surface area contributed by atoms with E-state index in [1.807, 2.05) is 13.1 Å². The van der Waals surface area contributed by atoms with Crippen molar-refractivity contribution in [1.82, 2.24) is 9.88 Å². The van der Waals surface area contributed by atoms with Crippen LogP contribution in [0.3, 0.4) is 0 Å². The monoisotopic (exact) mass is 283 g/mol. The van der Waals surface area contributed by atoms with Gasteiger partial charge in [0.05, 0.1) is 5.92 Å². The topological polar surface area (TPSA) is 45.2 Å². The third kappa shape index (κ3) is 2.80. The molecule has 1 unspecified atom stereocenters. The van der Waals surface area contributed by atoms with Crippen molar-refractivity contribution < 1.29 is 4.79 Å². The van der Waals surface area contributed by atoms with Crippen molar-refractivity contribution in [1.29, 1.82) is 0 Å². The highest BCUT2D eigenvalue weighted by molar-refractivity contribution is 9.10. The van der Waals surface area contributed by atoms with Gasteiger partial charge in [0, 0.05) is 17.2 Å². The van der Waals surface area contributed by atoms with Gasteiger partial charge in [-0.3, -0.25) is 4.79 Å². The summed E-state index contributed by atoms with van der Waals surface area (Å²) in [7, 11) is 2.03. The first-order valence-electron chi connectivity index (χ1n) is 5.26. The lowest BCUT2D eigenvalue weighted by Crippen LogP contribution is -2.25. The Bertz CT molecular complexity index is 397. The van der Waals surface area contributed by atoms with E-state index in [-0.39, 0.29) is 11.8 Å². The van der Waals surface area contributed by atoms with E-state index in [0.717, 1.165) is 24.0 Å². The molecule has 0 saturated carbocycles. The van der Waals surface area contributed by atoms with Crippen LogP contribution in [0.25, 0.3) is 0 Å². The Hall–Kier alpha value is -0.940. The Morgan fingerprint density at radius 1 is 1.69 bits per heavy atom. The molecule has 0 bridgehead atoms. The molecule has 16 heavy (non-hydrogen) atoms. The molecule has 1 amide bonds. The zero-order valence-corrected chi connectivity index (χ0v) is 10.7. The van der Waals surface area contributed by atoms with Crippen LogP contribution in [0.2, 0.25) is 0 Å². The van der Waals surface area contributed by atoms with Gasteiger partial charge in [0.1, 0.15) is 5.82 Å². The number of halogens is 1. The standard InChI is InChI=1S/C11H14BrN3O/c1-15-5-3-8(7-15)11(16)14-10-6-9(12)2-4-13-10/h2,4,6,8H,3,5,7H2,1H3,(H,13,14,16). The predicted molar refractivity (Wildman–Crippen MR) is 66.2 cm³/mol. The summed E-state index contributed by atoms with van der Waals surface area (Å²) in [5.74, 6) is 0.759. The molecule has 1 atom stereocenters. The molecule has 1 fully saturated rings. The van der Waals surface area contributed by atoms with Crippen molar-refractivity contribution in [3.8, 4) is 0 Å². The maximum Gasteiger partial charge on any atom is 0.229 e. The van der Waals surface area contributed by atoms with Gasteiger partial charge in [-0.05, 0) is 32.1 Å². The molecule has 4 nitrogen and oxygen atoms in total. The summed E-state index contributed by atoms with van der Waals surface area (Å²) in [6, 6.07) is 3.63. The van der Waals surface area contributed by atoms with Crippen LogP contribution in [0.4, 0.5) is 5.82 Å². The van der Waals surface area contributed by atoms with Gasteiger partial charge in [-0.2, -0.15) is 0 Å². The molecule has 1 N–H and O–H groups in total. The van der Waals surface area contributed by atoms with E-state index in [1.54, 1.807) is 12.3 Å². The molecule has 2 heterocycles. The molecular weight excluding hydrogens is 270 g/mol. The average Bonchev–Trinajstić information content (AvgIpc) is 2.65. The summed E-state index contributed by atoms with van der Waals surface area (Å²) in [6.07, 6.45) is 2.59. The Kier molecular flexibility index (Phi) is 3.56. The number of carbonyl (C=O) groups is 1. The minimum absolute atomic E-state index is 0.0648. The lowest BCUT2D eigenvalue weighted by Gasteiger charge is -2.10. The van der Waals surface area contributed by atoms with Crippen molar-refractivity contribution in [2.45, 2.75) is 6.42 Å². The number of hydrogen-bond donors (Lipinski definition) is 1. The molecule has 1 aliphatic heterocycles. The average molecular weight is 284 g/mol. The first-order valence-corrected chi connectivity index (χ1v) is 6.05. The second kappa shape index (κ2) is 4.93. The molecule has 0 aliphatic carbocycles. The summed E-state index contributed by atoms with van der Waals surface area (Å²) in [4.78, 5) is 18.1. The first-order chi connectivity index (χ1) is 7.65. The van der Waals surface area contributed by atoms with Crippen molar-refractivity contribution in [3.63, 3.8) is 0 Å². The number of aromatic nitrogens is 1. The number of rotatable bonds is 2. The molecule has 1 aromatic rings. The minimum atomic E-state index is 0.0648. The van der Waals surface area contributed by atoms with Crippen LogP contribution in [-0.2, 0) is 4.79 Å². The van der Waals surface area contributed by atoms with E-state index >= 15 is 0 Å². The van der Waals surface area contributed by atoms with Gasteiger partial charge >= 0.3 is 0 Å². The van der Waals surface area contributed by atoms with E-state index in [9.17, 15) is 4.79 Å². The van der Waals surface area contributed by atoms with Crippen molar-refractivity contribution >= 4 is 27.7 Å².